The second-order valence-corrected chi connectivity index (χ2v) is 0.972. The topological polar surface area (TPSA) is 73.9 Å². The first-order chi connectivity index (χ1) is 3.27. The van der Waals surface area contributed by atoms with Crippen molar-refractivity contribution in [2.45, 2.75) is 6.92 Å². The Balaban J connectivity index is 2.82. The predicted octanol–water partition coefficient (Wildman–Crippen LogP) is -0.844. The summed E-state index contributed by atoms with van der Waals surface area (Å²) in [5, 5.41) is 6.58. The second-order valence-electron chi connectivity index (χ2n) is 0.972. The fourth-order valence-corrected chi connectivity index (χ4v) is 0.150. The third-order valence-electron chi connectivity index (χ3n) is 0.351. The Morgan fingerprint density at radius 2 is 2.43 bits per heavy atom. The molecule has 41 valence electrons. The van der Waals surface area contributed by atoms with Gasteiger partial charge < -0.3 is 5.73 Å². The summed E-state index contributed by atoms with van der Waals surface area (Å²) in [6, 6.07) is 0. The summed E-state index contributed by atoms with van der Waals surface area (Å²) < 4.78 is 0. The summed E-state index contributed by atoms with van der Waals surface area (Å²) in [4.78, 5) is 0. The van der Waals surface area contributed by atoms with Gasteiger partial charge in [-0.3, -0.25) is 10.8 Å². The van der Waals surface area contributed by atoms with Crippen LogP contribution in [0.1, 0.15) is 6.92 Å². The van der Waals surface area contributed by atoms with Crippen molar-refractivity contribution in [3.63, 3.8) is 0 Å². The smallest absolute Gasteiger partial charge is 0.200 e. The molecule has 0 heterocycles. The lowest BCUT2D eigenvalue weighted by Crippen LogP contribution is -2.39. The van der Waals surface area contributed by atoms with E-state index in [-0.39, 0.29) is 5.96 Å². The Morgan fingerprint density at radius 1 is 1.86 bits per heavy atom. The maximum atomic E-state index is 6.58. The first kappa shape index (κ1) is 6.23. The molecule has 0 rings (SSSR count). The van der Waals surface area contributed by atoms with E-state index in [9.17, 15) is 0 Å². The minimum atomic E-state index is -0.0851. The number of hydrazine groups is 1. The van der Waals surface area contributed by atoms with Crippen molar-refractivity contribution >= 4 is 5.96 Å². The summed E-state index contributed by atoms with van der Waals surface area (Å²) in [7, 11) is 0. The van der Waals surface area contributed by atoms with E-state index in [0.29, 0.717) is 0 Å². The molecule has 0 aliphatic rings. The molecule has 7 heavy (non-hydrogen) atoms. The van der Waals surface area contributed by atoms with Gasteiger partial charge in [0.1, 0.15) is 0 Å². The van der Waals surface area contributed by atoms with Gasteiger partial charge >= 0.3 is 0 Å². The maximum absolute atomic E-state index is 6.58. The van der Waals surface area contributed by atoms with Gasteiger partial charge in [-0.15, -0.1) is 0 Å². The zero-order valence-corrected chi connectivity index (χ0v) is 4.15. The van der Waals surface area contributed by atoms with Crippen molar-refractivity contribution in [2.24, 2.45) is 5.73 Å². The SMILES string of the molecule is C[CH]NNC(=N)N. The molecule has 4 nitrogen and oxygen atoms in total. The number of hydrogen-bond donors (Lipinski definition) is 4. The Morgan fingerprint density at radius 3 is 2.57 bits per heavy atom. The molecule has 0 aliphatic carbocycles. The van der Waals surface area contributed by atoms with Crippen molar-refractivity contribution in [1.82, 2.24) is 10.9 Å². The molecular weight excluding hydrogens is 92.1 g/mol. The minimum Gasteiger partial charge on any atom is -0.369 e. The third kappa shape index (κ3) is 5.23. The highest BCUT2D eigenvalue weighted by molar-refractivity contribution is 5.73. The van der Waals surface area contributed by atoms with Gasteiger partial charge in [0.25, 0.3) is 0 Å². The van der Waals surface area contributed by atoms with Gasteiger partial charge in [-0.25, -0.2) is 5.43 Å². The van der Waals surface area contributed by atoms with Crippen molar-refractivity contribution in [3.05, 3.63) is 6.54 Å². The highest BCUT2D eigenvalue weighted by Crippen LogP contribution is 1.51. The molecule has 5 N–H and O–H groups in total. The Bertz CT molecular complexity index is 60.0. The summed E-state index contributed by atoms with van der Waals surface area (Å²) in [6.07, 6.45) is 0. The van der Waals surface area contributed by atoms with E-state index in [4.69, 9.17) is 11.1 Å². The number of nitrogens with one attached hydrogen (secondary N) is 3. The van der Waals surface area contributed by atoms with Crippen LogP contribution in [0.15, 0.2) is 0 Å². The second kappa shape index (κ2) is 3.42. The monoisotopic (exact) mass is 101 g/mol. The average Bonchev–Trinajstić information content (AvgIpc) is 1.61. The van der Waals surface area contributed by atoms with Crippen molar-refractivity contribution < 1.29 is 0 Å². The maximum Gasteiger partial charge on any atom is 0.200 e. The Kier molecular flexibility index (Phi) is 3.04. The summed E-state index contributed by atoms with van der Waals surface area (Å²) >= 11 is 0. The molecular formula is C3H9N4. The van der Waals surface area contributed by atoms with Crippen LogP contribution in [0.25, 0.3) is 0 Å². The van der Waals surface area contributed by atoms with Crippen LogP contribution in [0.5, 0.6) is 0 Å². The molecule has 0 spiro atoms. The molecule has 0 unspecified atom stereocenters. The fraction of sp³-hybridized carbons (Fsp3) is 0.333. The number of guanidine groups is 1. The summed E-state index contributed by atoms with van der Waals surface area (Å²) in [5.41, 5.74) is 9.74. The summed E-state index contributed by atoms with van der Waals surface area (Å²) in [6.45, 7) is 3.43. The molecule has 0 saturated heterocycles. The fourth-order valence-electron chi connectivity index (χ4n) is 0.150. The molecule has 0 aromatic heterocycles. The quantitative estimate of drug-likeness (QED) is 0.208. The van der Waals surface area contributed by atoms with Crippen LogP contribution in [0.3, 0.4) is 0 Å². The van der Waals surface area contributed by atoms with Crippen LogP contribution in [0.2, 0.25) is 0 Å². The molecule has 0 bridgehead atoms. The molecule has 0 aromatic carbocycles. The van der Waals surface area contributed by atoms with Gasteiger partial charge in [-0.1, -0.05) is 0 Å². The molecule has 0 amide bonds. The van der Waals surface area contributed by atoms with Gasteiger partial charge in [-0.05, 0) is 6.92 Å². The van der Waals surface area contributed by atoms with E-state index >= 15 is 0 Å². The molecule has 0 saturated carbocycles. The number of hydrogen-bond acceptors (Lipinski definition) is 2. The molecule has 0 aromatic rings. The Hall–Kier alpha value is -0.770. The van der Waals surface area contributed by atoms with Crippen molar-refractivity contribution in [3.8, 4) is 0 Å². The first-order valence-corrected chi connectivity index (χ1v) is 1.90. The lowest BCUT2D eigenvalue weighted by Gasteiger charge is -1.99. The van der Waals surface area contributed by atoms with E-state index < -0.39 is 0 Å². The van der Waals surface area contributed by atoms with Gasteiger partial charge in [-0.2, -0.15) is 0 Å². The lowest BCUT2D eigenvalue weighted by atomic mass is 10.8. The van der Waals surface area contributed by atoms with Crippen LogP contribution >= 0.6 is 0 Å². The van der Waals surface area contributed by atoms with E-state index in [1.54, 1.807) is 13.5 Å². The average molecular weight is 101 g/mol. The molecule has 0 fully saturated rings. The third-order valence-corrected chi connectivity index (χ3v) is 0.351. The summed E-state index contributed by atoms with van der Waals surface area (Å²) in [5.74, 6) is -0.0851. The lowest BCUT2D eigenvalue weighted by molar-refractivity contribution is 0.748. The molecule has 1 radical (unpaired) electrons. The van der Waals surface area contributed by atoms with Crippen molar-refractivity contribution in [2.75, 3.05) is 0 Å². The van der Waals surface area contributed by atoms with Crippen LogP contribution in [-0.2, 0) is 0 Å². The van der Waals surface area contributed by atoms with Crippen LogP contribution in [0, 0.1) is 12.0 Å². The zero-order chi connectivity index (χ0) is 5.70. The molecule has 0 aliphatic heterocycles. The van der Waals surface area contributed by atoms with E-state index in [2.05, 4.69) is 10.9 Å². The minimum absolute atomic E-state index is 0.0851. The number of nitrogens with two attached hydrogens (primary N) is 1. The zero-order valence-electron chi connectivity index (χ0n) is 4.15. The standard InChI is InChI=1S/C3H9N4/c1-2-6-7-3(4)5/h2,6H,1H3,(H4,4,5,7). The normalized spacial score (nSPS) is 8.14. The van der Waals surface area contributed by atoms with E-state index in [1.165, 1.54) is 0 Å². The first-order valence-electron chi connectivity index (χ1n) is 1.90. The highest BCUT2D eigenvalue weighted by Gasteiger charge is 1.77. The predicted molar refractivity (Wildman–Crippen MR) is 28.2 cm³/mol. The highest BCUT2D eigenvalue weighted by atomic mass is 15.4. The largest absolute Gasteiger partial charge is 0.369 e. The van der Waals surface area contributed by atoms with Gasteiger partial charge in [0, 0.05) is 6.54 Å². The van der Waals surface area contributed by atoms with Crippen LogP contribution < -0.4 is 16.6 Å². The van der Waals surface area contributed by atoms with Gasteiger partial charge in [0.15, 0.2) is 5.96 Å². The molecule has 0 atom stereocenters. The van der Waals surface area contributed by atoms with Crippen LogP contribution in [-0.4, -0.2) is 5.96 Å². The van der Waals surface area contributed by atoms with Crippen molar-refractivity contribution in [1.29, 1.82) is 5.41 Å². The van der Waals surface area contributed by atoms with E-state index in [1.807, 2.05) is 0 Å². The van der Waals surface area contributed by atoms with E-state index in [0.717, 1.165) is 0 Å². The van der Waals surface area contributed by atoms with Gasteiger partial charge in [0.05, 0.1) is 0 Å². The number of rotatable bonds is 2. The van der Waals surface area contributed by atoms with Gasteiger partial charge in [0.2, 0.25) is 0 Å². The Labute approximate surface area is 42.6 Å². The van der Waals surface area contributed by atoms with Crippen LogP contribution in [0.4, 0.5) is 0 Å². The molecule has 4 heteroatoms.